The molecule has 0 aromatic heterocycles. The van der Waals surface area contributed by atoms with E-state index in [1.165, 1.54) is 5.57 Å². The minimum Gasteiger partial charge on any atom is -0.491 e. The van der Waals surface area contributed by atoms with Gasteiger partial charge in [-0.1, -0.05) is 24.3 Å². The summed E-state index contributed by atoms with van der Waals surface area (Å²) in [7, 11) is 0. The number of allylic oxidation sites excluding steroid dienone is 1. The summed E-state index contributed by atoms with van der Waals surface area (Å²) in [5.41, 5.74) is 2.41. The fourth-order valence-corrected chi connectivity index (χ4v) is 2.42. The molecule has 1 aromatic rings. The highest BCUT2D eigenvalue weighted by atomic mass is 16.5. The third-order valence-corrected chi connectivity index (χ3v) is 3.26. The van der Waals surface area contributed by atoms with Gasteiger partial charge in [-0.05, 0) is 18.6 Å². The van der Waals surface area contributed by atoms with E-state index in [-0.39, 0.29) is 12.0 Å². The predicted octanol–water partition coefficient (Wildman–Crippen LogP) is 2.58. The lowest BCUT2D eigenvalue weighted by molar-refractivity contribution is 0.288. The highest BCUT2D eigenvalue weighted by molar-refractivity contribution is 5.90. The van der Waals surface area contributed by atoms with E-state index in [1.807, 2.05) is 24.4 Å². The Morgan fingerprint density at radius 2 is 2.24 bits per heavy atom. The molecule has 0 aliphatic carbocycles. The van der Waals surface area contributed by atoms with E-state index in [2.05, 4.69) is 29.1 Å². The summed E-state index contributed by atoms with van der Waals surface area (Å²) in [6.45, 7) is 2.67. The van der Waals surface area contributed by atoms with Gasteiger partial charge in [-0.2, -0.15) is 0 Å². The van der Waals surface area contributed by atoms with Crippen molar-refractivity contribution in [2.45, 2.75) is 13.0 Å². The third-order valence-electron chi connectivity index (χ3n) is 3.26. The van der Waals surface area contributed by atoms with Crippen LogP contribution in [-0.4, -0.2) is 25.2 Å². The summed E-state index contributed by atoms with van der Waals surface area (Å²) in [5.74, 6) is 1.17. The Labute approximate surface area is 101 Å². The van der Waals surface area contributed by atoms with E-state index in [1.54, 1.807) is 6.34 Å². The fraction of sp³-hybridized carbons (Fsp3) is 0.286. The maximum absolute atomic E-state index is 5.83. The lowest BCUT2D eigenvalue weighted by Gasteiger charge is -2.21. The summed E-state index contributed by atoms with van der Waals surface area (Å²) in [4.78, 5) is 8.57. The quantitative estimate of drug-likeness (QED) is 0.669. The van der Waals surface area contributed by atoms with Crippen molar-refractivity contribution in [3.8, 4) is 5.75 Å². The Bertz CT molecular complexity index is 517. The molecule has 86 valence electrons. The van der Waals surface area contributed by atoms with Crippen LogP contribution in [0.15, 0.2) is 40.3 Å². The van der Waals surface area contributed by atoms with Gasteiger partial charge in [0, 0.05) is 17.7 Å². The zero-order chi connectivity index (χ0) is 11.7. The molecule has 3 nitrogen and oxygen atoms in total. The standard InChI is InChI=1S/C14H14N2O/c1-2-10-11-5-3-4-6-14(11)17-8-13-12(10)7-15-9-16-13/h2-7,9,12-13H,8H2,1H3/b10-2-. The Hall–Kier alpha value is -1.90. The maximum atomic E-state index is 5.83. The number of hydrogen-bond donors (Lipinski definition) is 0. The Morgan fingerprint density at radius 1 is 1.35 bits per heavy atom. The first-order valence-electron chi connectivity index (χ1n) is 5.83. The molecule has 0 spiro atoms. The SMILES string of the molecule is C/C=C1/c2ccccc2OCC2N=CN=CC12. The van der Waals surface area contributed by atoms with Crippen LogP contribution in [0.4, 0.5) is 0 Å². The van der Waals surface area contributed by atoms with Crippen molar-refractivity contribution in [2.24, 2.45) is 15.9 Å². The smallest absolute Gasteiger partial charge is 0.126 e. The number of hydrogen-bond acceptors (Lipinski definition) is 3. The molecule has 3 rings (SSSR count). The molecule has 2 heterocycles. The highest BCUT2D eigenvalue weighted by Crippen LogP contribution is 2.36. The van der Waals surface area contributed by atoms with Gasteiger partial charge in [-0.25, -0.2) is 4.99 Å². The van der Waals surface area contributed by atoms with Gasteiger partial charge in [0.2, 0.25) is 0 Å². The van der Waals surface area contributed by atoms with Crippen LogP contribution in [-0.2, 0) is 0 Å². The maximum Gasteiger partial charge on any atom is 0.126 e. The molecule has 0 amide bonds. The molecule has 1 aromatic carbocycles. The molecule has 3 heteroatoms. The first kappa shape index (κ1) is 10.3. The Morgan fingerprint density at radius 3 is 3.12 bits per heavy atom. The van der Waals surface area contributed by atoms with Crippen molar-refractivity contribution >= 4 is 18.1 Å². The van der Waals surface area contributed by atoms with E-state index in [0.717, 1.165) is 11.3 Å². The van der Waals surface area contributed by atoms with E-state index in [9.17, 15) is 0 Å². The van der Waals surface area contributed by atoms with Crippen LogP contribution in [0.25, 0.3) is 5.57 Å². The molecule has 0 fully saturated rings. The van der Waals surface area contributed by atoms with Crippen molar-refractivity contribution in [1.29, 1.82) is 0 Å². The van der Waals surface area contributed by atoms with Crippen molar-refractivity contribution in [2.75, 3.05) is 6.61 Å². The number of rotatable bonds is 0. The molecule has 2 aliphatic rings. The third kappa shape index (κ3) is 1.68. The van der Waals surface area contributed by atoms with Gasteiger partial charge in [0.1, 0.15) is 18.7 Å². The van der Waals surface area contributed by atoms with Crippen LogP contribution >= 0.6 is 0 Å². The molecule has 0 saturated heterocycles. The van der Waals surface area contributed by atoms with Gasteiger partial charge in [0.05, 0.1) is 6.04 Å². The molecule has 0 bridgehead atoms. The highest BCUT2D eigenvalue weighted by Gasteiger charge is 2.30. The zero-order valence-corrected chi connectivity index (χ0v) is 9.71. The normalized spacial score (nSPS) is 28.2. The molecule has 2 unspecified atom stereocenters. The lowest BCUT2D eigenvalue weighted by atomic mass is 9.88. The molecule has 0 saturated carbocycles. The molecular formula is C14H14N2O. The summed E-state index contributed by atoms with van der Waals surface area (Å²) in [6.07, 6.45) is 5.73. The fourth-order valence-electron chi connectivity index (χ4n) is 2.42. The van der Waals surface area contributed by atoms with Crippen LogP contribution < -0.4 is 4.74 Å². The minimum atomic E-state index is 0.145. The number of fused-ring (bicyclic) bond motifs is 2. The van der Waals surface area contributed by atoms with Gasteiger partial charge in [-0.15, -0.1) is 0 Å². The number of ether oxygens (including phenoxy) is 1. The predicted molar refractivity (Wildman–Crippen MR) is 69.9 cm³/mol. The number of nitrogens with zero attached hydrogens (tertiary/aromatic N) is 2. The van der Waals surface area contributed by atoms with Gasteiger partial charge < -0.3 is 4.74 Å². The van der Waals surface area contributed by atoms with Crippen molar-refractivity contribution in [1.82, 2.24) is 0 Å². The minimum absolute atomic E-state index is 0.145. The van der Waals surface area contributed by atoms with Gasteiger partial charge in [-0.3, -0.25) is 4.99 Å². The van der Waals surface area contributed by atoms with Gasteiger partial charge in [0.15, 0.2) is 0 Å². The number of para-hydroxylation sites is 1. The summed E-state index contributed by atoms with van der Waals surface area (Å²) in [5, 5.41) is 0. The molecule has 2 aliphatic heterocycles. The Kier molecular flexibility index (Phi) is 2.52. The molecule has 0 radical (unpaired) electrons. The van der Waals surface area contributed by atoms with Crippen molar-refractivity contribution in [3.05, 3.63) is 35.9 Å². The van der Waals surface area contributed by atoms with E-state index < -0.39 is 0 Å². The molecule has 0 N–H and O–H groups in total. The monoisotopic (exact) mass is 226 g/mol. The first-order valence-corrected chi connectivity index (χ1v) is 5.83. The van der Waals surface area contributed by atoms with Crippen molar-refractivity contribution in [3.63, 3.8) is 0 Å². The van der Waals surface area contributed by atoms with E-state index in [0.29, 0.717) is 6.61 Å². The van der Waals surface area contributed by atoms with Gasteiger partial charge in [0.25, 0.3) is 0 Å². The summed E-state index contributed by atoms with van der Waals surface area (Å²) >= 11 is 0. The number of benzene rings is 1. The van der Waals surface area contributed by atoms with E-state index >= 15 is 0 Å². The number of aliphatic imine (C=N–C) groups is 2. The average molecular weight is 226 g/mol. The van der Waals surface area contributed by atoms with Crippen LogP contribution in [0.5, 0.6) is 5.75 Å². The molecular weight excluding hydrogens is 212 g/mol. The largest absolute Gasteiger partial charge is 0.491 e. The molecule has 2 atom stereocenters. The first-order chi connectivity index (χ1) is 8.40. The van der Waals surface area contributed by atoms with Gasteiger partial charge >= 0.3 is 0 Å². The van der Waals surface area contributed by atoms with Crippen LogP contribution in [0.3, 0.4) is 0 Å². The van der Waals surface area contributed by atoms with Crippen LogP contribution in [0.1, 0.15) is 12.5 Å². The van der Waals surface area contributed by atoms with Crippen molar-refractivity contribution < 1.29 is 4.74 Å². The second-order valence-corrected chi connectivity index (χ2v) is 4.21. The zero-order valence-electron chi connectivity index (χ0n) is 9.71. The Balaban J connectivity index is 2.12. The van der Waals surface area contributed by atoms with E-state index in [4.69, 9.17) is 4.74 Å². The second-order valence-electron chi connectivity index (χ2n) is 4.21. The van der Waals surface area contributed by atoms with Crippen LogP contribution in [0, 0.1) is 5.92 Å². The summed E-state index contributed by atoms with van der Waals surface area (Å²) < 4.78 is 5.83. The van der Waals surface area contributed by atoms with Crippen LogP contribution in [0.2, 0.25) is 0 Å². The molecule has 17 heavy (non-hydrogen) atoms. The summed E-state index contributed by atoms with van der Waals surface area (Å²) in [6, 6.07) is 8.29. The average Bonchev–Trinajstić information content (AvgIpc) is 2.55. The second kappa shape index (κ2) is 4.17. The topological polar surface area (TPSA) is 34.0 Å². The lowest BCUT2D eigenvalue weighted by Crippen LogP contribution is -2.27.